The second-order valence-electron chi connectivity index (χ2n) is 5.54. The topological polar surface area (TPSA) is 12.0 Å². The molecule has 2 aromatic rings. The lowest BCUT2D eigenvalue weighted by atomic mass is 9.96. The first-order valence-electron chi connectivity index (χ1n) is 7.39. The van der Waals surface area contributed by atoms with Crippen molar-refractivity contribution in [3.05, 3.63) is 72.8 Å². The smallest absolute Gasteiger partial charge is 0.0215 e. The lowest BCUT2D eigenvalue weighted by Crippen LogP contribution is -2.25. The maximum Gasteiger partial charge on any atom is 0.0215 e. The maximum atomic E-state index is 4.25. The molecule has 0 aliphatic rings. The molecule has 0 radical (unpaired) electrons. The minimum Gasteiger partial charge on any atom is -0.263 e. The van der Waals surface area contributed by atoms with Gasteiger partial charge in [0.25, 0.3) is 0 Å². The molecule has 1 N–H and O–H groups in total. The van der Waals surface area contributed by atoms with Crippen molar-refractivity contribution in [3.63, 3.8) is 0 Å². The van der Waals surface area contributed by atoms with Gasteiger partial charge in [-0.3, -0.25) is 4.72 Å². The Morgan fingerprint density at radius 1 is 1.05 bits per heavy atom. The van der Waals surface area contributed by atoms with E-state index in [1.54, 1.807) is 0 Å². The van der Waals surface area contributed by atoms with Gasteiger partial charge in [-0.05, 0) is 35.4 Å². The van der Waals surface area contributed by atoms with Gasteiger partial charge in [0.15, 0.2) is 0 Å². The third-order valence-corrected chi connectivity index (χ3v) is 4.15. The third-order valence-electron chi connectivity index (χ3n) is 3.78. The van der Waals surface area contributed by atoms with Crippen LogP contribution in [0.25, 0.3) is 11.1 Å². The van der Waals surface area contributed by atoms with E-state index in [9.17, 15) is 0 Å². The first kappa shape index (κ1) is 15.9. The van der Waals surface area contributed by atoms with Crippen molar-refractivity contribution in [2.24, 2.45) is 5.92 Å². The monoisotopic (exact) mass is 297 g/mol. The summed E-state index contributed by atoms with van der Waals surface area (Å²) in [6.07, 6.45) is 4.03. The number of hydrogen-bond donors (Lipinski definition) is 2. The molecule has 0 heterocycles. The lowest BCUT2D eigenvalue weighted by molar-refractivity contribution is 0.507. The molecule has 1 nitrogen and oxygen atoms in total. The quantitative estimate of drug-likeness (QED) is 0.546. The number of thiol groups is 1. The van der Waals surface area contributed by atoms with Crippen molar-refractivity contribution >= 4 is 12.8 Å². The van der Waals surface area contributed by atoms with Gasteiger partial charge in [-0.25, -0.2) is 0 Å². The summed E-state index contributed by atoms with van der Waals surface area (Å²) in [5.41, 5.74) is 3.85. The second kappa shape index (κ2) is 8.06. The van der Waals surface area contributed by atoms with Gasteiger partial charge in [0.2, 0.25) is 0 Å². The summed E-state index contributed by atoms with van der Waals surface area (Å²) in [5, 5.41) is 0. The molecule has 0 saturated carbocycles. The number of rotatable bonds is 7. The molecule has 0 saturated heterocycles. The molecule has 0 bridgehead atoms. The van der Waals surface area contributed by atoms with Crippen molar-refractivity contribution in [3.8, 4) is 11.1 Å². The van der Waals surface area contributed by atoms with Crippen LogP contribution < -0.4 is 4.72 Å². The van der Waals surface area contributed by atoms with Crippen LogP contribution in [0, 0.1) is 5.92 Å². The fourth-order valence-electron chi connectivity index (χ4n) is 2.48. The zero-order chi connectivity index (χ0) is 15.1. The van der Waals surface area contributed by atoms with E-state index >= 15 is 0 Å². The van der Waals surface area contributed by atoms with Gasteiger partial charge in [0, 0.05) is 6.04 Å². The Morgan fingerprint density at radius 3 is 2.24 bits per heavy atom. The van der Waals surface area contributed by atoms with Crippen molar-refractivity contribution in [1.29, 1.82) is 0 Å². The zero-order valence-electron chi connectivity index (χ0n) is 12.5. The van der Waals surface area contributed by atoms with Gasteiger partial charge in [-0.1, -0.05) is 80.4 Å². The van der Waals surface area contributed by atoms with Crippen molar-refractivity contribution in [1.82, 2.24) is 4.72 Å². The summed E-state index contributed by atoms with van der Waals surface area (Å²) in [6, 6.07) is 19.6. The molecular formula is C19H23NS. The molecule has 21 heavy (non-hydrogen) atoms. The molecule has 2 rings (SSSR count). The minimum absolute atomic E-state index is 0.365. The van der Waals surface area contributed by atoms with Gasteiger partial charge in [-0.15, -0.1) is 6.58 Å². The molecule has 0 aromatic heterocycles. The Bertz CT molecular complexity index is 548. The summed E-state index contributed by atoms with van der Waals surface area (Å²) < 4.78 is 3.11. The highest BCUT2D eigenvalue weighted by molar-refractivity contribution is 7.78. The summed E-state index contributed by atoms with van der Waals surface area (Å²) >= 11 is 4.25. The van der Waals surface area contributed by atoms with E-state index < -0.39 is 0 Å². The van der Waals surface area contributed by atoms with Crippen molar-refractivity contribution in [2.75, 3.05) is 0 Å². The minimum atomic E-state index is 0.365. The van der Waals surface area contributed by atoms with Crippen LogP contribution in [-0.2, 0) is 6.42 Å². The van der Waals surface area contributed by atoms with Crippen LogP contribution in [0.4, 0.5) is 0 Å². The molecule has 110 valence electrons. The van der Waals surface area contributed by atoms with Gasteiger partial charge >= 0.3 is 0 Å². The molecular weight excluding hydrogens is 274 g/mol. The number of allylic oxidation sites excluding steroid dienone is 1. The van der Waals surface area contributed by atoms with Gasteiger partial charge < -0.3 is 0 Å². The SMILES string of the molecule is C=CC(C)CC(Cc1ccc(-c2ccccc2)cc1)NS. The molecule has 0 spiro atoms. The van der Waals surface area contributed by atoms with E-state index in [1.807, 2.05) is 12.1 Å². The van der Waals surface area contributed by atoms with Gasteiger partial charge in [0.05, 0.1) is 0 Å². The van der Waals surface area contributed by atoms with E-state index in [-0.39, 0.29) is 0 Å². The van der Waals surface area contributed by atoms with Gasteiger partial charge in [0.1, 0.15) is 0 Å². The Balaban J connectivity index is 2.03. The summed E-state index contributed by atoms with van der Waals surface area (Å²) in [5.74, 6) is 0.498. The largest absolute Gasteiger partial charge is 0.263 e. The second-order valence-corrected chi connectivity index (χ2v) is 5.80. The van der Waals surface area contributed by atoms with E-state index in [2.05, 4.69) is 79.6 Å². The molecule has 2 unspecified atom stereocenters. The Labute approximate surface area is 133 Å². The zero-order valence-corrected chi connectivity index (χ0v) is 13.4. The predicted octanol–water partition coefficient (Wildman–Crippen LogP) is 4.91. The number of nitrogens with one attached hydrogen (secondary N) is 1. The molecule has 2 atom stereocenters. The van der Waals surface area contributed by atoms with Crippen LogP contribution in [0.1, 0.15) is 18.9 Å². The Hall–Kier alpha value is -1.51. The lowest BCUT2D eigenvalue weighted by Gasteiger charge is -2.18. The predicted molar refractivity (Wildman–Crippen MR) is 95.5 cm³/mol. The van der Waals surface area contributed by atoms with E-state index in [4.69, 9.17) is 0 Å². The molecule has 2 heteroatoms. The van der Waals surface area contributed by atoms with Crippen LogP contribution in [0.15, 0.2) is 67.3 Å². The number of benzene rings is 2. The summed E-state index contributed by atoms with van der Waals surface area (Å²) in [7, 11) is 0. The van der Waals surface area contributed by atoms with Crippen LogP contribution in [0.3, 0.4) is 0 Å². The van der Waals surface area contributed by atoms with Crippen LogP contribution in [0.5, 0.6) is 0 Å². The van der Waals surface area contributed by atoms with Crippen LogP contribution in [0.2, 0.25) is 0 Å². The van der Waals surface area contributed by atoms with E-state index in [1.165, 1.54) is 16.7 Å². The summed E-state index contributed by atoms with van der Waals surface area (Å²) in [4.78, 5) is 0. The highest BCUT2D eigenvalue weighted by Crippen LogP contribution is 2.20. The van der Waals surface area contributed by atoms with E-state index in [0.29, 0.717) is 12.0 Å². The van der Waals surface area contributed by atoms with Crippen molar-refractivity contribution in [2.45, 2.75) is 25.8 Å². The molecule has 0 fully saturated rings. The standard InChI is InChI=1S/C19H23NS/c1-3-15(2)13-19(20-21)14-16-9-11-18(12-10-16)17-7-5-4-6-8-17/h3-12,15,19-21H,1,13-14H2,2H3. The molecule has 0 amide bonds. The molecule has 0 aliphatic heterocycles. The normalized spacial score (nSPS) is 13.6. The molecule has 0 aliphatic carbocycles. The number of hydrogen-bond acceptors (Lipinski definition) is 2. The van der Waals surface area contributed by atoms with Crippen LogP contribution in [-0.4, -0.2) is 6.04 Å². The Kier molecular flexibility index (Phi) is 6.09. The fourth-order valence-corrected chi connectivity index (χ4v) is 2.67. The highest BCUT2D eigenvalue weighted by atomic mass is 32.1. The fraction of sp³-hybridized carbons (Fsp3) is 0.263. The maximum absolute atomic E-state index is 4.25. The van der Waals surface area contributed by atoms with E-state index in [0.717, 1.165) is 12.8 Å². The van der Waals surface area contributed by atoms with Crippen molar-refractivity contribution < 1.29 is 0 Å². The highest BCUT2D eigenvalue weighted by Gasteiger charge is 2.10. The molecule has 2 aromatic carbocycles. The summed E-state index contributed by atoms with van der Waals surface area (Å²) in [6.45, 7) is 6.03. The third kappa shape index (κ3) is 4.76. The van der Waals surface area contributed by atoms with Crippen LogP contribution >= 0.6 is 12.8 Å². The average molecular weight is 297 g/mol. The average Bonchev–Trinajstić information content (AvgIpc) is 2.55. The first-order valence-corrected chi connectivity index (χ1v) is 7.84. The Morgan fingerprint density at radius 2 is 1.67 bits per heavy atom. The first-order chi connectivity index (χ1) is 10.2. The van der Waals surface area contributed by atoms with Gasteiger partial charge in [-0.2, -0.15) is 0 Å².